The fourth-order valence-corrected chi connectivity index (χ4v) is 2.59. The number of nitrogens with zero attached hydrogens (tertiary/aromatic N) is 2. The maximum absolute atomic E-state index is 5.87. The minimum Gasteiger partial charge on any atom is -0.491 e. The van der Waals surface area contributed by atoms with Crippen LogP contribution in [0.25, 0.3) is 0 Å². The first-order valence-corrected chi connectivity index (χ1v) is 6.99. The van der Waals surface area contributed by atoms with Crippen molar-refractivity contribution in [3.8, 4) is 5.75 Å². The zero-order chi connectivity index (χ0) is 13.8. The number of rotatable bonds is 4. The monoisotopic (exact) mass is 269 g/mol. The van der Waals surface area contributed by atoms with E-state index in [9.17, 15) is 0 Å². The topological polar surface area (TPSA) is 51.4 Å². The Kier molecular flexibility index (Phi) is 3.72. The van der Waals surface area contributed by atoms with E-state index in [2.05, 4.69) is 16.0 Å². The summed E-state index contributed by atoms with van der Waals surface area (Å²) < 4.78 is 5.87. The highest BCUT2D eigenvalue weighted by atomic mass is 16.5. The molecular weight excluding hydrogens is 250 g/mol. The van der Waals surface area contributed by atoms with Crippen LogP contribution in [-0.2, 0) is 0 Å². The molecule has 1 aromatic heterocycles. The summed E-state index contributed by atoms with van der Waals surface area (Å²) in [6.07, 6.45) is 4.17. The van der Waals surface area contributed by atoms with Crippen LogP contribution in [0.4, 0.5) is 11.5 Å². The lowest BCUT2D eigenvalue weighted by Gasteiger charge is -2.25. The highest BCUT2D eigenvalue weighted by Gasteiger charge is 2.25. The van der Waals surface area contributed by atoms with Crippen molar-refractivity contribution < 1.29 is 4.74 Å². The average molecular weight is 269 g/mol. The van der Waals surface area contributed by atoms with Crippen LogP contribution in [-0.4, -0.2) is 24.2 Å². The predicted octanol–water partition coefficient (Wildman–Crippen LogP) is 2.71. The molecule has 0 unspecified atom stereocenters. The van der Waals surface area contributed by atoms with E-state index >= 15 is 0 Å². The third kappa shape index (κ3) is 2.85. The number of hydrogen-bond donors (Lipinski definition) is 1. The van der Waals surface area contributed by atoms with E-state index in [1.54, 1.807) is 0 Å². The lowest BCUT2D eigenvalue weighted by molar-refractivity contribution is 0.288. The average Bonchev–Trinajstić information content (AvgIpc) is 2.96. The van der Waals surface area contributed by atoms with Gasteiger partial charge in [0.15, 0.2) is 0 Å². The number of pyridine rings is 1. The molecule has 0 bridgehead atoms. The first-order valence-electron chi connectivity index (χ1n) is 6.99. The van der Waals surface area contributed by atoms with Crippen LogP contribution in [0.1, 0.15) is 12.8 Å². The van der Waals surface area contributed by atoms with E-state index in [0.717, 1.165) is 30.2 Å². The third-order valence-electron chi connectivity index (χ3n) is 3.64. The predicted molar refractivity (Wildman–Crippen MR) is 81.0 cm³/mol. The summed E-state index contributed by atoms with van der Waals surface area (Å²) in [5.74, 6) is 1.91. The van der Waals surface area contributed by atoms with Gasteiger partial charge < -0.3 is 15.4 Å². The minimum atomic E-state index is 0.391. The molecule has 1 atom stereocenters. The van der Waals surface area contributed by atoms with Gasteiger partial charge in [0.05, 0.1) is 6.04 Å². The molecule has 0 aliphatic carbocycles. The van der Waals surface area contributed by atoms with Gasteiger partial charge in [0, 0.05) is 18.4 Å². The number of aromatic nitrogens is 1. The van der Waals surface area contributed by atoms with Crippen molar-refractivity contribution in [1.82, 2.24) is 4.98 Å². The number of nitrogens with two attached hydrogens (primary N) is 1. The molecule has 1 aromatic carbocycles. The normalized spacial score (nSPS) is 18.2. The van der Waals surface area contributed by atoms with Crippen molar-refractivity contribution in [2.45, 2.75) is 18.9 Å². The molecule has 0 amide bonds. The van der Waals surface area contributed by atoms with E-state index in [4.69, 9.17) is 10.5 Å². The molecule has 1 aliphatic rings. The summed E-state index contributed by atoms with van der Waals surface area (Å²) in [5.41, 5.74) is 6.43. The van der Waals surface area contributed by atoms with Crippen LogP contribution in [0.2, 0.25) is 0 Å². The van der Waals surface area contributed by atoms with Gasteiger partial charge >= 0.3 is 0 Å². The zero-order valence-corrected chi connectivity index (χ0v) is 11.4. The molecule has 1 saturated heterocycles. The van der Waals surface area contributed by atoms with Gasteiger partial charge in [-0.1, -0.05) is 6.07 Å². The number of benzene rings is 1. The second-order valence-corrected chi connectivity index (χ2v) is 5.06. The third-order valence-corrected chi connectivity index (χ3v) is 3.64. The van der Waals surface area contributed by atoms with Crippen LogP contribution in [0.3, 0.4) is 0 Å². The summed E-state index contributed by atoms with van der Waals surface area (Å²) in [6, 6.07) is 14.0. The number of hydrogen-bond acceptors (Lipinski definition) is 4. The molecule has 2 N–H and O–H groups in total. The summed E-state index contributed by atoms with van der Waals surface area (Å²) in [5, 5.41) is 0. The van der Waals surface area contributed by atoms with E-state index in [0.29, 0.717) is 12.6 Å². The van der Waals surface area contributed by atoms with Gasteiger partial charge in [0.25, 0.3) is 0 Å². The van der Waals surface area contributed by atoms with Gasteiger partial charge in [-0.25, -0.2) is 4.98 Å². The standard InChI is InChI=1S/C16H19N3O/c17-13-6-8-15(9-7-13)20-12-14-4-3-11-19(14)16-5-1-2-10-18-16/h1-2,5-10,14H,3-4,11-12,17H2/t14-/m0/s1. The van der Waals surface area contributed by atoms with Gasteiger partial charge in [-0.05, 0) is 49.2 Å². The molecule has 2 heterocycles. The molecule has 0 saturated carbocycles. The van der Waals surface area contributed by atoms with E-state index < -0.39 is 0 Å². The number of nitrogen functional groups attached to an aromatic ring is 1. The van der Waals surface area contributed by atoms with Gasteiger partial charge in [-0.15, -0.1) is 0 Å². The maximum atomic E-state index is 5.87. The smallest absolute Gasteiger partial charge is 0.128 e. The molecule has 20 heavy (non-hydrogen) atoms. The Morgan fingerprint density at radius 3 is 2.80 bits per heavy atom. The molecule has 2 aromatic rings. The van der Waals surface area contributed by atoms with E-state index in [-0.39, 0.29) is 0 Å². The van der Waals surface area contributed by atoms with Crippen molar-refractivity contribution in [3.63, 3.8) is 0 Å². The van der Waals surface area contributed by atoms with Gasteiger partial charge in [0.2, 0.25) is 0 Å². The quantitative estimate of drug-likeness (QED) is 0.867. The molecule has 0 radical (unpaired) electrons. The fraction of sp³-hybridized carbons (Fsp3) is 0.312. The van der Waals surface area contributed by atoms with Crippen LogP contribution < -0.4 is 15.4 Å². The Bertz CT molecular complexity index is 541. The zero-order valence-electron chi connectivity index (χ0n) is 11.4. The lowest BCUT2D eigenvalue weighted by atomic mass is 10.2. The first-order chi connectivity index (χ1) is 9.83. The molecule has 4 nitrogen and oxygen atoms in total. The van der Waals surface area contributed by atoms with Gasteiger partial charge in [-0.2, -0.15) is 0 Å². The van der Waals surface area contributed by atoms with E-state index in [1.807, 2.05) is 42.6 Å². The Labute approximate surface area is 119 Å². The number of anilines is 2. The summed E-state index contributed by atoms with van der Waals surface area (Å²) in [4.78, 5) is 6.76. The highest BCUT2D eigenvalue weighted by Crippen LogP contribution is 2.24. The lowest BCUT2D eigenvalue weighted by Crippen LogP contribution is -2.34. The van der Waals surface area contributed by atoms with Crippen LogP contribution in [0.5, 0.6) is 5.75 Å². The van der Waals surface area contributed by atoms with Crippen molar-refractivity contribution in [2.24, 2.45) is 0 Å². The molecular formula is C16H19N3O. The minimum absolute atomic E-state index is 0.391. The first kappa shape index (κ1) is 12.8. The van der Waals surface area contributed by atoms with Crippen LogP contribution >= 0.6 is 0 Å². The van der Waals surface area contributed by atoms with E-state index in [1.165, 1.54) is 6.42 Å². The second kappa shape index (κ2) is 5.82. The second-order valence-electron chi connectivity index (χ2n) is 5.06. The largest absolute Gasteiger partial charge is 0.491 e. The summed E-state index contributed by atoms with van der Waals surface area (Å²) in [6.45, 7) is 1.73. The number of ether oxygens (including phenoxy) is 1. The van der Waals surface area contributed by atoms with Crippen LogP contribution in [0, 0.1) is 0 Å². The Morgan fingerprint density at radius 2 is 2.05 bits per heavy atom. The van der Waals surface area contributed by atoms with Crippen molar-refractivity contribution in [1.29, 1.82) is 0 Å². The molecule has 1 fully saturated rings. The Morgan fingerprint density at radius 1 is 1.20 bits per heavy atom. The Balaban J connectivity index is 1.63. The molecule has 104 valence electrons. The van der Waals surface area contributed by atoms with Crippen molar-refractivity contribution in [3.05, 3.63) is 48.7 Å². The summed E-state index contributed by atoms with van der Waals surface area (Å²) in [7, 11) is 0. The van der Waals surface area contributed by atoms with Gasteiger partial charge in [0.1, 0.15) is 18.2 Å². The molecule has 4 heteroatoms. The summed E-state index contributed by atoms with van der Waals surface area (Å²) >= 11 is 0. The van der Waals surface area contributed by atoms with Gasteiger partial charge in [-0.3, -0.25) is 0 Å². The fourth-order valence-electron chi connectivity index (χ4n) is 2.59. The maximum Gasteiger partial charge on any atom is 0.128 e. The van der Waals surface area contributed by atoms with Crippen molar-refractivity contribution in [2.75, 3.05) is 23.8 Å². The SMILES string of the molecule is Nc1ccc(OC[C@@H]2CCCN2c2ccccn2)cc1. The molecule has 0 spiro atoms. The van der Waals surface area contributed by atoms with Crippen LogP contribution in [0.15, 0.2) is 48.7 Å². The molecule has 3 rings (SSSR count). The highest BCUT2D eigenvalue weighted by molar-refractivity contribution is 5.42. The van der Waals surface area contributed by atoms with Crippen molar-refractivity contribution >= 4 is 11.5 Å². The Hall–Kier alpha value is -2.23. The molecule has 1 aliphatic heterocycles.